The zero-order valence-electron chi connectivity index (χ0n) is 43.1. The third-order valence-electron chi connectivity index (χ3n) is 18.2. The van der Waals surface area contributed by atoms with Crippen molar-refractivity contribution in [1.82, 2.24) is 39.5 Å². The molecule has 7 fully saturated rings. The minimum atomic E-state index is -0.709. The molecule has 8 aliphatic rings. The Morgan fingerprint density at radius 2 is 1.58 bits per heavy atom. The van der Waals surface area contributed by atoms with Gasteiger partial charge in [-0.15, -0.1) is 0 Å². The van der Waals surface area contributed by atoms with E-state index in [2.05, 4.69) is 68.1 Å². The molecule has 2 aliphatic carbocycles. The molecule has 392 valence electrons. The Kier molecular flexibility index (Phi) is 13.4. The number of amides is 5. The number of rotatable bonds is 11. The third kappa shape index (κ3) is 9.23. The molecule has 9 heterocycles. The van der Waals surface area contributed by atoms with Crippen LogP contribution in [0.25, 0.3) is 22.3 Å². The summed E-state index contributed by atoms with van der Waals surface area (Å²) in [7, 11) is 0. The maximum Gasteiger partial charge on any atom is 0.238 e. The minimum absolute atomic E-state index is 0.0626. The number of piperidine rings is 3. The van der Waals surface area contributed by atoms with Crippen LogP contribution in [-0.2, 0) is 34.1 Å². The monoisotopic (exact) mass is 1010 g/mol. The number of nitrogens with one attached hydrogen (secondary N) is 2. The van der Waals surface area contributed by atoms with Gasteiger partial charge in [0.15, 0.2) is 5.82 Å². The van der Waals surface area contributed by atoms with Crippen LogP contribution < -0.4 is 20.3 Å². The Morgan fingerprint density at radius 3 is 2.31 bits per heavy atom. The molecule has 12 rings (SSSR count). The van der Waals surface area contributed by atoms with Gasteiger partial charge in [-0.2, -0.15) is 0 Å². The second kappa shape index (κ2) is 20.3. The van der Waals surface area contributed by atoms with Crippen LogP contribution in [0.3, 0.4) is 0 Å². The van der Waals surface area contributed by atoms with Crippen molar-refractivity contribution >= 4 is 52.1 Å². The van der Waals surface area contributed by atoms with Crippen molar-refractivity contribution in [2.45, 2.75) is 158 Å². The molecule has 6 aliphatic heterocycles. The summed E-state index contributed by atoms with van der Waals surface area (Å²) in [6, 6.07) is 13.3. The largest absolute Gasteiger partial charge is 0.474 e. The number of likely N-dealkylation sites (tertiary alicyclic amines) is 3. The molecule has 3 aromatic heterocycles. The lowest BCUT2D eigenvalue weighted by Crippen LogP contribution is -2.58. The van der Waals surface area contributed by atoms with E-state index in [1.165, 1.54) is 19.3 Å². The van der Waals surface area contributed by atoms with Crippen LogP contribution in [0, 0.1) is 11.8 Å². The predicted octanol–water partition coefficient (Wildman–Crippen LogP) is 6.90. The summed E-state index contributed by atoms with van der Waals surface area (Å²) in [6.07, 6.45) is 16.5. The first-order valence-electron chi connectivity index (χ1n) is 28.0. The number of hydrogen-bond acceptors (Lipinski definition) is 12. The number of benzene rings is 1. The number of fused-ring (bicyclic) bond motifs is 3. The van der Waals surface area contributed by atoms with Gasteiger partial charge in [0, 0.05) is 99.4 Å². The molecule has 4 aromatic rings. The summed E-state index contributed by atoms with van der Waals surface area (Å²) >= 11 is 0. The molecule has 2 atom stereocenters. The van der Waals surface area contributed by atoms with Gasteiger partial charge in [-0.1, -0.05) is 24.6 Å². The Labute approximate surface area is 433 Å². The molecule has 17 heteroatoms. The molecule has 2 N–H and O–H groups in total. The molecule has 1 aromatic carbocycles. The van der Waals surface area contributed by atoms with Crippen molar-refractivity contribution in [1.29, 1.82) is 0 Å². The van der Waals surface area contributed by atoms with E-state index in [1.54, 1.807) is 12.3 Å². The molecule has 0 bridgehead atoms. The van der Waals surface area contributed by atoms with Gasteiger partial charge in [0.25, 0.3) is 0 Å². The molecule has 2 saturated carbocycles. The number of imidazole rings is 1. The molecule has 1 spiro atoms. The Balaban J connectivity index is 0.706. The van der Waals surface area contributed by atoms with Crippen LogP contribution in [0.15, 0.2) is 48.9 Å². The van der Waals surface area contributed by atoms with Crippen LogP contribution in [0.5, 0.6) is 5.88 Å². The first-order chi connectivity index (χ1) is 36.0. The van der Waals surface area contributed by atoms with Crippen LogP contribution in [0.4, 0.5) is 11.5 Å². The van der Waals surface area contributed by atoms with Gasteiger partial charge >= 0.3 is 0 Å². The average Bonchev–Trinajstić information content (AvgIpc) is 4.14. The zero-order chi connectivity index (χ0) is 50.7. The smallest absolute Gasteiger partial charge is 0.238 e. The number of carbonyl (C=O) groups excluding carboxylic acids is 5. The summed E-state index contributed by atoms with van der Waals surface area (Å²) in [6.45, 7) is 10.1. The lowest BCUT2D eigenvalue weighted by molar-refractivity contribution is -0.140. The summed E-state index contributed by atoms with van der Waals surface area (Å²) < 4.78 is 14.1. The van der Waals surface area contributed by atoms with Crippen molar-refractivity contribution in [3.63, 3.8) is 0 Å². The van der Waals surface area contributed by atoms with Crippen LogP contribution in [0.1, 0.15) is 140 Å². The number of pyridine rings is 2. The van der Waals surface area contributed by atoms with Gasteiger partial charge < -0.3 is 39.0 Å². The third-order valence-corrected chi connectivity index (χ3v) is 18.2. The van der Waals surface area contributed by atoms with E-state index in [4.69, 9.17) is 19.4 Å². The van der Waals surface area contributed by atoms with E-state index >= 15 is 4.79 Å². The van der Waals surface area contributed by atoms with Crippen molar-refractivity contribution in [3.05, 3.63) is 60.0 Å². The van der Waals surface area contributed by atoms with Gasteiger partial charge in [-0.3, -0.25) is 29.3 Å². The Morgan fingerprint density at radius 1 is 0.811 bits per heavy atom. The molecule has 5 amide bonds. The molecule has 74 heavy (non-hydrogen) atoms. The van der Waals surface area contributed by atoms with Gasteiger partial charge in [0.1, 0.15) is 11.6 Å². The highest BCUT2D eigenvalue weighted by atomic mass is 16.5. The fourth-order valence-corrected chi connectivity index (χ4v) is 13.7. The number of imide groups is 1. The molecule has 1 unspecified atom stereocenters. The normalized spacial score (nSPS) is 27.7. The number of hydrogen-bond donors (Lipinski definition) is 2. The highest BCUT2D eigenvalue weighted by molar-refractivity contribution is 6.09. The Bertz CT molecular complexity index is 2780. The lowest BCUT2D eigenvalue weighted by Gasteiger charge is -2.48. The van der Waals surface area contributed by atoms with Crippen molar-refractivity contribution in [3.8, 4) is 17.1 Å². The fraction of sp³-hybridized carbons (Fsp3) is 0.614. The summed E-state index contributed by atoms with van der Waals surface area (Å²) in [5.74, 6) is 0.421. The van der Waals surface area contributed by atoms with E-state index in [0.29, 0.717) is 83.0 Å². The van der Waals surface area contributed by atoms with E-state index in [-0.39, 0.29) is 65.6 Å². The first kappa shape index (κ1) is 49.0. The predicted molar refractivity (Wildman–Crippen MR) is 278 cm³/mol. The van der Waals surface area contributed by atoms with Crippen LogP contribution in [0.2, 0.25) is 0 Å². The number of nitrogens with zero attached hydrogens (tertiary/aromatic N) is 8. The summed E-state index contributed by atoms with van der Waals surface area (Å²) in [4.78, 5) is 90.8. The highest BCUT2D eigenvalue weighted by Gasteiger charge is 2.56. The second-order valence-electron chi connectivity index (χ2n) is 23.0. The molecule has 17 nitrogen and oxygen atoms in total. The van der Waals surface area contributed by atoms with E-state index in [0.717, 1.165) is 110 Å². The number of anilines is 2. The number of aromatic nitrogens is 4. The number of carbonyl (C=O) groups is 5. The lowest BCUT2D eigenvalue weighted by atomic mass is 9.73. The first-order valence-corrected chi connectivity index (χ1v) is 28.0. The van der Waals surface area contributed by atoms with Gasteiger partial charge in [-0.05, 0) is 140 Å². The fourth-order valence-electron chi connectivity index (χ4n) is 13.7. The molecular formula is C57H72N10O7. The van der Waals surface area contributed by atoms with Crippen LogP contribution in [-0.4, -0.2) is 140 Å². The highest BCUT2D eigenvalue weighted by Crippen LogP contribution is 2.52. The van der Waals surface area contributed by atoms with E-state index in [1.807, 2.05) is 22.2 Å². The summed E-state index contributed by atoms with van der Waals surface area (Å²) in [5.41, 5.74) is 5.79. The van der Waals surface area contributed by atoms with Crippen molar-refractivity contribution in [2.24, 2.45) is 11.8 Å². The molecule has 5 saturated heterocycles. The van der Waals surface area contributed by atoms with Gasteiger partial charge in [0.2, 0.25) is 35.4 Å². The van der Waals surface area contributed by atoms with E-state index < -0.39 is 11.3 Å². The van der Waals surface area contributed by atoms with Crippen LogP contribution >= 0.6 is 0 Å². The molecule has 0 radical (unpaired) electrons. The van der Waals surface area contributed by atoms with Crippen molar-refractivity contribution in [2.75, 3.05) is 62.7 Å². The quantitative estimate of drug-likeness (QED) is 0.149. The Hall–Kier alpha value is -5.94. The SMILES string of the molecule is CC(C)n1cnc2cc(-c3ccc4c(c3)N(C3CC(N5CCCCC5)C3)C(=O)C43CCN(C(=O)[C@@H]4CCN(C(=O)C5CCC(Oc6ccc(C7CCC(=O)NC7=O)cn6)CC5)C4)CC3)nc(NC3CCOCC3)c21. The second-order valence-corrected chi connectivity index (χ2v) is 23.0. The standard InChI is InChI=1S/C57H72N10O7/c1-35(2)66-34-59-47-31-46(61-52(51(47)66)60-40-17-26-73-27-18-40)37-8-13-45-48(28-37)67(42-29-41(30-42)63-21-4-3-5-22-63)56(72)57(45)19-24-64(25-20-57)55(71)39-16-23-65(33-39)54(70)36-6-10-43(11-7-36)74-50-15-9-38(32-58-50)44-12-14-49(68)62-53(44)69/h8-9,13,15,28,31-32,34-36,39-44H,3-7,10-12,14,16-27,29-30,33H2,1-2H3,(H,60,61)(H,62,68,69)/t36?,39-,41?,42?,43?,44?/m1/s1. The van der Waals surface area contributed by atoms with Gasteiger partial charge in [0.05, 0.1) is 34.8 Å². The average molecular weight is 1010 g/mol. The summed E-state index contributed by atoms with van der Waals surface area (Å²) in [5, 5.41) is 6.19. The van der Waals surface area contributed by atoms with Crippen molar-refractivity contribution < 1.29 is 33.4 Å². The minimum Gasteiger partial charge on any atom is -0.474 e. The number of ether oxygens (including phenoxy) is 2. The van der Waals surface area contributed by atoms with Gasteiger partial charge in [-0.25, -0.2) is 15.0 Å². The maximum atomic E-state index is 15.3. The topological polar surface area (TPSA) is 184 Å². The maximum absolute atomic E-state index is 15.3. The zero-order valence-corrected chi connectivity index (χ0v) is 43.1. The van der Waals surface area contributed by atoms with E-state index in [9.17, 15) is 19.2 Å². The molecular weight excluding hydrogens is 937 g/mol.